The van der Waals surface area contributed by atoms with Crippen molar-refractivity contribution in [1.82, 2.24) is 0 Å². The van der Waals surface area contributed by atoms with Crippen LogP contribution in [0.5, 0.6) is 5.75 Å². The van der Waals surface area contributed by atoms with E-state index in [0.29, 0.717) is 16.3 Å². The van der Waals surface area contributed by atoms with E-state index in [2.05, 4.69) is 0 Å². The highest BCUT2D eigenvalue weighted by molar-refractivity contribution is 6.33. The molecule has 0 amide bonds. The minimum absolute atomic E-state index is 0.0733. The molecule has 76 valence electrons. The molecule has 1 rings (SSSR count). The number of carbonyl (C=O) groups is 1. The molecule has 2 nitrogen and oxygen atoms in total. The van der Waals surface area contributed by atoms with Crippen LogP contribution in [0.1, 0.15) is 15.9 Å². The zero-order valence-electron chi connectivity index (χ0n) is 7.93. The molecule has 0 aliphatic rings. The molecule has 0 N–H and O–H groups in total. The number of benzene rings is 1. The fourth-order valence-electron chi connectivity index (χ4n) is 1.28. The van der Waals surface area contributed by atoms with Crippen LogP contribution in [0.4, 0.5) is 0 Å². The van der Waals surface area contributed by atoms with Gasteiger partial charge in [-0.2, -0.15) is 0 Å². The highest BCUT2D eigenvalue weighted by atomic mass is 35.5. The van der Waals surface area contributed by atoms with Crippen molar-refractivity contribution in [3.63, 3.8) is 0 Å². The van der Waals surface area contributed by atoms with E-state index in [1.165, 1.54) is 7.11 Å². The third-order valence-corrected chi connectivity index (χ3v) is 2.33. The Morgan fingerprint density at radius 2 is 2.14 bits per heavy atom. The number of Topliss-reactive ketones (excluding diaryl/α,β-unsaturated/α-hetero) is 1. The van der Waals surface area contributed by atoms with Gasteiger partial charge in [-0.1, -0.05) is 11.6 Å². The Morgan fingerprint density at radius 1 is 1.50 bits per heavy atom. The van der Waals surface area contributed by atoms with Crippen molar-refractivity contribution in [3.8, 4) is 5.75 Å². The summed E-state index contributed by atoms with van der Waals surface area (Å²) in [6.07, 6.45) is 0. The summed E-state index contributed by atoms with van der Waals surface area (Å²) in [6.45, 7) is 1.83. The number of rotatable bonds is 3. The average molecular weight is 233 g/mol. The van der Waals surface area contributed by atoms with E-state index in [1.807, 2.05) is 6.92 Å². The number of aryl methyl sites for hydroxylation is 1. The maximum absolute atomic E-state index is 11.4. The first-order valence-corrected chi connectivity index (χ1v) is 4.94. The Morgan fingerprint density at radius 3 is 2.64 bits per heavy atom. The molecular weight excluding hydrogens is 223 g/mol. The smallest absolute Gasteiger partial charge is 0.181 e. The third-order valence-electron chi connectivity index (χ3n) is 1.87. The van der Waals surface area contributed by atoms with Crippen LogP contribution in [0.2, 0.25) is 5.02 Å². The second-order valence-electron chi connectivity index (χ2n) is 2.86. The normalized spacial score (nSPS) is 10.0. The Labute approximate surface area is 92.8 Å². The molecule has 0 bridgehead atoms. The summed E-state index contributed by atoms with van der Waals surface area (Å²) in [5, 5.41) is 0.511. The van der Waals surface area contributed by atoms with Gasteiger partial charge in [0.25, 0.3) is 0 Å². The monoisotopic (exact) mass is 232 g/mol. The molecule has 0 aromatic heterocycles. The Hall–Kier alpha value is -0.730. The molecule has 0 atom stereocenters. The van der Waals surface area contributed by atoms with E-state index >= 15 is 0 Å². The fourth-order valence-corrected chi connectivity index (χ4v) is 1.70. The van der Waals surface area contributed by atoms with Crippen molar-refractivity contribution >= 4 is 29.0 Å². The number of methoxy groups -OCH3 is 1. The van der Waals surface area contributed by atoms with Crippen LogP contribution in [0, 0.1) is 6.92 Å². The minimum Gasteiger partial charge on any atom is -0.496 e. The standard InChI is InChI=1S/C10H10Cl2O2/c1-6-3-7(12)4-8(9(13)5-11)10(6)14-2/h3-4H,5H2,1-2H3. The maximum Gasteiger partial charge on any atom is 0.181 e. The van der Waals surface area contributed by atoms with E-state index in [0.717, 1.165) is 5.56 Å². The topological polar surface area (TPSA) is 26.3 Å². The van der Waals surface area contributed by atoms with E-state index in [-0.39, 0.29) is 11.7 Å². The van der Waals surface area contributed by atoms with Crippen molar-refractivity contribution in [3.05, 3.63) is 28.3 Å². The number of hydrogen-bond donors (Lipinski definition) is 0. The van der Waals surface area contributed by atoms with Crippen molar-refractivity contribution in [2.24, 2.45) is 0 Å². The summed E-state index contributed by atoms with van der Waals surface area (Å²) in [7, 11) is 1.52. The SMILES string of the molecule is COc1c(C)cc(Cl)cc1C(=O)CCl. The highest BCUT2D eigenvalue weighted by Gasteiger charge is 2.14. The van der Waals surface area contributed by atoms with E-state index in [9.17, 15) is 4.79 Å². The van der Waals surface area contributed by atoms with Crippen LogP contribution >= 0.6 is 23.2 Å². The summed E-state index contributed by atoms with van der Waals surface area (Å²) < 4.78 is 5.12. The lowest BCUT2D eigenvalue weighted by molar-refractivity contribution is 0.101. The van der Waals surface area contributed by atoms with Gasteiger partial charge in [0.05, 0.1) is 18.6 Å². The van der Waals surface area contributed by atoms with Crippen LogP contribution < -0.4 is 4.74 Å². The van der Waals surface area contributed by atoms with Gasteiger partial charge in [-0.25, -0.2) is 0 Å². The molecule has 0 radical (unpaired) electrons. The van der Waals surface area contributed by atoms with E-state index in [1.54, 1.807) is 12.1 Å². The van der Waals surface area contributed by atoms with Gasteiger partial charge in [0.1, 0.15) is 5.75 Å². The van der Waals surface area contributed by atoms with Gasteiger partial charge in [0.2, 0.25) is 0 Å². The fraction of sp³-hybridized carbons (Fsp3) is 0.300. The number of halogens is 2. The maximum atomic E-state index is 11.4. The van der Waals surface area contributed by atoms with Gasteiger partial charge in [0.15, 0.2) is 5.78 Å². The predicted molar refractivity (Wildman–Crippen MR) is 57.8 cm³/mol. The molecule has 0 aliphatic carbocycles. The largest absolute Gasteiger partial charge is 0.496 e. The van der Waals surface area contributed by atoms with Crippen molar-refractivity contribution in [2.75, 3.05) is 13.0 Å². The molecule has 14 heavy (non-hydrogen) atoms. The van der Waals surface area contributed by atoms with Crippen LogP contribution in [-0.2, 0) is 0 Å². The summed E-state index contributed by atoms with van der Waals surface area (Å²) in [6, 6.07) is 3.31. The molecule has 0 aliphatic heterocycles. The lowest BCUT2D eigenvalue weighted by Gasteiger charge is -2.09. The average Bonchev–Trinajstić information content (AvgIpc) is 2.15. The molecule has 0 saturated heterocycles. The summed E-state index contributed by atoms with van der Waals surface area (Å²) in [5.74, 6) is 0.282. The van der Waals surface area contributed by atoms with Crippen LogP contribution in [0.3, 0.4) is 0 Å². The zero-order chi connectivity index (χ0) is 10.7. The van der Waals surface area contributed by atoms with E-state index < -0.39 is 0 Å². The van der Waals surface area contributed by atoms with E-state index in [4.69, 9.17) is 27.9 Å². The van der Waals surface area contributed by atoms with Gasteiger partial charge < -0.3 is 4.74 Å². The predicted octanol–water partition coefficient (Wildman–Crippen LogP) is 3.08. The Kier molecular flexibility index (Phi) is 3.78. The highest BCUT2D eigenvalue weighted by Crippen LogP contribution is 2.28. The molecule has 0 fully saturated rings. The Bertz CT molecular complexity index is 361. The first kappa shape index (κ1) is 11.3. The molecule has 0 unspecified atom stereocenters. The van der Waals surface area contributed by atoms with Crippen molar-refractivity contribution in [1.29, 1.82) is 0 Å². The molecule has 0 heterocycles. The van der Waals surface area contributed by atoms with Crippen molar-refractivity contribution < 1.29 is 9.53 Å². The Balaban J connectivity index is 3.32. The molecule has 1 aromatic carbocycles. The lowest BCUT2D eigenvalue weighted by atomic mass is 10.1. The van der Waals surface area contributed by atoms with Gasteiger partial charge in [0, 0.05) is 5.02 Å². The van der Waals surface area contributed by atoms with Gasteiger partial charge >= 0.3 is 0 Å². The number of carbonyl (C=O) groups excluding carboxylic acids is 1. The minimum atomic E-state index is -0.186. The van der Waals surface area contributed by atoms with Gasteiger partial charge in [-0.3, -0.25) is 4.79 Å². The molecule has 4 heteroatoms. The lowest BCUT2D eigenvalue weighted by Crippen LogP contribution is -2.04. The second-order valence-corrected chi connectivity index (χ2v) is 3.56. The second kappa shape index (κ2) is 4.67. The molecule has 0 spiro atoms. The summed E-state index contributed by atoms with van der Waals surface area (Å²) in [5.41, 5.74) is 1.26. The number of alkyl halides is 1. The zero-order valence-corrected chi connectivity index (χ0v) is 9.45. The van der Waals surface area contributed by atoms with Crippen LogP contribution in [-0.4, -0.2) is 18.8 Å². The van der Waals surface area contributed by atoms with Crippen molar-refractivity contribution in [2.45, 2.75) is 6.92 Å². The van der Waals surface area contributed by atoms with Crippen LogP contribution in [0.15, 0.2) is 12.1 Å². The quantitative estimate of drug-likeness (QED) is 0.592. The molecule has 0 saturated carbocycles. The van der Waals surface area contributed by atoms with Gasteiger partial charge in [-0.05, 0) is 24.6 Å². The number of hydrogen-bond acceptors (Lipinski definition) is 2. The molecular formula is C10H10Cl2O2. The first-order valence-electron chi connectivity index (χ1n) is 4.03. The molecule has 1 aromatic rings. The summed E-state index contributed by atoms with van der Waals surface area (Å²) in [4.78, 5) is 11.4. The van der Waals surface area contributed by atoms with Gasteiger partial charge in [-0.15, -0.1) is 11.6 Å². The van der Waals surface area contributed by atoms with Crippen LogP contribution in [0.25, 0.3) is 0 Å². The number of ether oxygens (including phenoxy) is 1. The number of ketones is 1. The first-order chi connectivity index (χ1) is 6.60. The third kappa shape index (κ3) is 2.20. The summed E-state index contributed by atoms with van der Waals surface area (Å²) >= 11 is 11.3.